The summed E-state index contributed by atoms with van der Waals surface area (Å²) in [5, 5.41) is 7.41. The second kappa shape index (κ2) is 7.31. The van der Waals surface area contributed by atoms with Crippen LogP contribution in [0.25, 0.3) is 11.3 Å². The van der Waals surface area contributed by atoms with Gasteiger partial charge in [-0.15, -0.1) is 0 Å². The monoisotopic (exact) mass is 367 g/mol. The second-order valence-electron chi connectivity index (χ2n) is 6.72. The van der Waals surface area contributed by atoms with Gasteiger partial charge >= 0.3 is 0 Å². The summed E-state index contributed by atoms with van der Waals surface area (Å²) in [6.45, 7) is 1.17. The van der Waals surface area contributed by atoms with Crippen LogP contribution in [0, 0.1) is 11.6 Å². The number of carbonyl (C=O) groups excluding carboxylic acids is 1. The topological polar surface area (TPSA) is 49.0 Å². The highest BCUT2D eigenvalue weighted by Crippen LogP contribution is 2.27. The van der Waals surface area contributed by atoms with Gasteiger partial charge in [-0.3, -0.25) is 9.89 Å². The first-order valence-electron chi connectivity index (χ1n) is 8.94. The molecule has 1 aliphatic heterocycles. The quantitative estimate of drug-likeness (QED) is 0.770. The summed E-state index contributed by atoms with van der Waals surface area (Å²) < 4.78 is 26.6. The molecule has 0 atom stereocenters. The molecule has 2 heterocycles. The Morgan fingerprint density at radius 1 is 1.04 bits per heavy atom. The van der Waals surface area contributed by atoms with Gasteiger partial charge in [0.1, 0.15) is 11.6 Å². The van der Waals surface area contributed by atoms with Gasteiger partial charge in [-0.1, -0.05) is 24.3 Å². The maximum Gasteiger partial charge on any atom is 0.227 e. The fourth-order valence-electron chi connectivity index (χ4n) is 3.50. The number of hydrogen-bond donors (Lipinski definition) is 1. The van der Waals surface area contributed by atoms with Crippen molar-refractivity contribution >= 4 is 5.91 Å². The summed E-state index contributed by atoms with van der Waals surface area (Å²) >= 11 is 0. The first-order chi connectivity index (χ1) is 13.1. The summed E-state index contributed by atoms with van der Waals surface area (Å²) in [4.78, 5) is 14.5. The Morgan fingerprint density at radius 3 is 2.59 bits per heavy atom. The highest BCUT2D eigenvalue weighted by molar-refractivity contribution is 5.79. The molecule has 6 heteroatoms. The van der Waals surface area contributed by atoms with Crippen LogP contribution in [0.2, 0.25) is 0 Å². The van der Waals surface area contributed by atoms with Crippen LogP contribution in [0.15, 0.2) is 48.5 Å². The van der Waals surface area contributed by atoms with E-state index in [0.717, 1.165) is 28.1 Å². The van der Waals surface area contributed by atoms with Gasteiger partial charge in [0.25, 0.3) is 0 Å². The highest BCUT2D eigenvalue weighted by atomic mass is 19.1. The van der Waals surface area contributed by atoms with Crippen molar-refractivity contribution in [2.45, 2.75) is 19.3 Å². The van der Waals surface area contributed by atoms with E-state index in [4.69, 9.17) is 0 Å². The number of hydrogen-bond acceptors (Lipinski definition) is 2. The minimum Gasteiger partial charge on any atom is -0.342 e. The number of aromatic nitrogens is 2. The van der Waals surface area contributed by atoms with E-state index in [1.165, 1.54) is 24.3 Å². The average Bonchev–Trinajstić information content (AvgIpc) is 2.95. The summed E-state index contributed by atoms with van der Waals surface area (Å²) in [5.41, 5.74) is 4.31. The zero-order valence-corrected chi connectivity index (χ0v) is 14.7. The average molecular weight is 367 g/mol. The van der Waals surface area contributed by atoms with Crippen molar-refractivity contribution in [1.82, 2.24) is 15.1 Å². The lowest BCUT2D eigenvalue weighted by atomic mass is 10.0. The van der Waals surface area contributed by atoms with Gasteiger partial charge in [-0.2, -0.15) is 5.10 Å². The molecule has 0 spiro atoms. The third-order valence-corrected chi connectivity index (χ3v) is 4.94. The number of nitrogens with one attached hydrogen (secondary N) is 1. The van der Waals surface area contributed by atoms with E-state index >= 15 is 0 Å². The van der Waals surface area contributed by atoms with Crippen molar-refractivity contribution in [2.24, 2.45) is 0 Å². The molecule has 0 radical (unpaired) electrons. The molecular formula is C21H19F2N3O. The molecule has 0 saturated heterocycles. The first-order valence-corrected chi connectivity index (χ1v) is 8.94. The molecule has 0 aliphatic carbocycles. The minimum atomic E-state index is -0.308. The number of aromatic amines is 1. The molecule has 0 saturated carbocycles. The van der Waals surface area contributed by atoms with Crippen LogP contribution in [0.1, 0.15) is 16.8 Å². The number of fused-ring (bicyclic) bond motifs is 1. The summed E-state index contributed by atoms with van der Waals surface area (Å²) in [7, 11) is 0. The second-order valence-corrected chi connectivity index (χ2v) is 6.72. The van der Waals surface area contributed by atoms with Crippen LogP contribution in [-0.4, -0.2) is 34.1 Å². The Hall–Kier alpha value is -3.02. The SMILES string of the molecule is O=C(Cc1ccc(F)cc1)N1CCc2[nH]nc(-c3cccc(F)c3)c2CC1. The summed E-state index contributed by atoms with van der Waals surface area (Å²) in [6.07, 6.45) is 1.59. The molecule has 3 aromatic rings. The van der Waals surface area contributed by atoms with Crippen LogP contribution in [-0.2, 0) is 24.1 Å². The number of halogens is 2. The third kappa shape index (κ3) is 3.74. The Balaban J connectivity index is 1.48. The van der Waals surface area contributed by atoms with Crippen molar-refractivity contribution in [3.8, 4) is 11.3 Å². The van der Waals surface area contributed by atoms with E-state index in [-0.39, 0.29) is 24.0 Å². The molecule has 4 rings (SSSR count). The van der Waals surface area contributed by atoms with Gasteiger partial charge in [0.05, 0.1) is 12.1 Å². The lowest BCUT2D eigenvalue weighted by molar-refractivity contribution is -0.130. The van der Waals surface area contributed by atoms with Crippen LogP contribution in [0.5, 0.6) is 0 Å². The molecule has 27 heavy (non-hydrogen) atoms. The Bertz CT molecular complexity index is 966. The molecule has 4 nitrogen and oxygen atoms in total. The molecule has 2 aromatic carbocycles. The highest BCUT2D eigenvalue weighted by Gasteiger charge is 2.23. The zero-order valence-electron chi connectivity index (χ0n) is 14.7. The van der Waals surface area contributed by atoms with E-state index in [0.29, 0.717) is 25.9 Å². The molecule has 1 aromatic heterocycles. The third-order valence-electron chi connectivity index (χ3n) is 4.94. The molecular weight excluding hydrogens is 348 g/mol. The smallest absolute Gasteiger partial charge is 0.227 e. The Kier molecular flexibility index (Phi) is 4.71. The maximum absolute atomic E-state index is 13.6. The van der Waals surface area contributed by atoms with E-state index in [1.807, 2.05) is 11.0 Å². The molecule has 0 fully saturated rings. The van der Waals surface area contributed by atoms with Crippen molar-refractivity contribution < 1.29 is 13.6 Å². The standard InChI is InChI=1S/C21H19F2N3O/c22-16-6-4-14(5-7-16)12-20(27)26-10-8-18-19(9-11-26)24-25-21(18)15-2-1-3-17(23)13-15/h1-7,13H,8-12H2,(H,24,25). The number of carbonyl (C=O) groups is 1. The van der Waals surface area contributed by atoms with Crippen LogP contribution in [0.3, 0.4) is 0 Å². The van der Waals surface area contributed by atoms with E-state index in [2.05, 4.69) is 10.2 Å². The largest absolute Gasteiger partial charge is 0.342 e. The fourth-order valence-corrected chi connectivity index (χ4v) is 3.50. The maximum atomic E-state index is 13.6. The Labute approximate surface area is 155 Å². The molecule has 138 valence electrons. The van der Waals surface area contributed by atoms with Gasteiger partial charge in [-0.05, 0) is 36.2 Å². The fraction of sp³-hybridized carbons (Fsp3) is 0.238. The number of amides is 1. The summed E-state index contributed by atoms with van der Waals surface area (Å²) in [5.74, 6) is -0.585. The lowest BCUT2D eigenvalue weighted by Gasteiger charge is -2.20. The van der Waals surface area contributed by atoms with E-state index < -0.39 is 0 Å². The van der Waals surface area contributed by atoms with Gasteiger partial charge in [0.2, 0.25) is 5.91 Å². The predicted molar refractivity (Wildman–Crippen MR) is 98.1 cm³/mol. The first kappa shape index (κ1) is 17.4. The minimum absolute atomic E-state index is 0.0204. The van der Waals surface area contributed by atoms with Crippen LogP contribution in [0.4, 0.5) is 8.78 Å². The number of nitrogens with zero attached hydrogens (tertiary/aromatic N) is 2. The number of benzene rings is 2. The van der Waals surface area contributed by atoms with Gasteiger partial charge in [0, 0.05) is 36.3 Å². The molecule has 0 bridgehead atoms. The van der Waals surface area contributed by atoms with Crippen molar-refractivity contribution in [2.75, 3.05) is 13.1 Å². The van der Waals surface area contributed by atoms with Crippen molar-refractivity contribution in [3.63, 3.8) is 0 Å². The number of rotatable bonds is 3. The molecule has 1 aliphatic rings. The van der Waals surface area contributed by atoms with Crippen LogP contribution < -0.4 is 0 Å². The normalized spacial score (nSPS) is 13.9. The molecule has 0 unspecified atom stereocenters. The number of H-pyrrole nitrogens is 1. The molecule has 1 N–H and O–H groups in total. The Morgan fingerprint density at radius 2 is 1.81 bits per heavy atom. The van der Waals surface area contributed by atoms with Gasteiger partial charge in [0.15, 0.2) is 0 Å². The lowest BCUT2D eigenvalue weighted by Crippen LogP contribution is -2.34. The van der Waals surface area contributed by atoms with E-state index in [9.17, 15) is 13.6 Å². The predicted octanol–water partition coefficient (Wildman–Crippen LogP) is 3.52. The van der Waals surface area contributed by atoms with Gasteiger partial charge in [-0.25, -0.2) is 8.78 Å². The summed E-state index contributed by atoms with van der Waals surface area (Å²) in [6, 6.07) is 12.4. The van der Waals surface area contributed by atoms with Crippen molar-refractivity contribution in [3.05, 3.63) is 77.0 Å². The van der Waals surface area contributed by atoms with Crippen molar-refractivity contribution in [1.29, 1.82) is 0 Å². The van der Waals surface area contributed by atoms with Crippen LogP contribution >= 0.6 is 0 Å². The molecule has 1 amide bonds. The zero-order chi connectivity index (χ0) is 18.8. The van der Waals surface area contributed by atoms with Gasteiger partial charge < -0.3 is 4.90 Å². The van der Waals surface area contributed by atoms with E-state index in [1.54, 1.807) is 18.2 Å².